The Labute approximate surface area is 89.3 Å². The third kappa shape index (κ3) is 2.36. The van der Waals surface area contributed by atoms with Gasteiger partial charge in [-0.25, -0.2) is 0 Å². The van der Waals surface area contributed by atoms with E-state index < -0.39 is 0 Å². The first-order valence-corrected chi connectivity index (χ1v) is 4.96. The Morgan fingerprint density at radius 3 is 2.18 bits per heavy atom. The first-order chi connectivity index (χ1) is 5.25. The fourth-order valence-corrected chi connectivity index (χ4v) is 1.62. The molecular weight excluding hydrogens is 294 g/mol. The maximum absolute atomic E-state index is 5.87. The Morgan fingerprint density at radius 2 is 1.73 bits per heavy atom. The van der Waals surface area contributed by atoms with E-state index in [4.69, 9.17) is 23.2 Å². The molecule has 0 aliphatic rings. The van der Waals surface area contributed by atoms with Gasteiger partial charge in [-0.15, -0.1) is 0 Å². The fourth-order valence-electron chi connectivity index (χ4n) is 0.733. The molecule has 1 aromatic carbocycles. The molecule has 0 N–H and O–H groups in total. The van der Waals surface area contributed by atoms with Gasteiger partial charge in [-0.05, 0) is 22.3 Å². The molecular formula is C8H5Cl2I. The van der Waals surface area contributed by atoms with Gasteiger partial charge in [0.05, 0.1) is 0 Å². The zero-order valence-corrected chi connectivity index (χ0v) is 9.19. The zero-order chi connectivity index (χ0) is 8.27. The molecule has 11 heavy (non-hydrogen) atoms. The van der Waals surface area contributed by atoms with E-state index >= 15 is 0 Å². The zero-order valence-electron chi connectivity index (χ0n) is 5.52. The summed E-state index contributed by atoms with van der Waals surface area (Å²) in [7, 11) is 0. The third-order valence-corrected chi connectivity index (χ3v) is 2.25. The highest BCUT2D eigenvalue weighted by Gasteiger charge is 1.99. The highest BCUT2D eigenvalue weighted by atomic mass is 127. The van der Waals surface area contributed by atoms with Crippen LogP contribution < -0.4 is 0 Å². The van der Waals surface area contributed by atoms with Crippen LogP contribution in [0.15, 0.2) is 22.3 Å². The number of hydrogen-bond donors (Lipinski definition) is 0. The third-order valence-electron chi connectivity index (χ3n) is 1.23. The van der Waals surface area contributed by atoms with Gasteiger partial charge in [0.2, 0.25) is 0 Å². The largest absolute Gasteiger partial charge is 0.0836 e. The molecule has 0 aliphatic carbocycles. The molecule has 0 spiro atoms. The van der Waals surface area contributed by atoms with E-state index in [1.807, 2.05) is 28.4 Å². The van der Waals surface area contributed by atoms with E-state index in [0.717, 1.165) is 5.56 Å². The average Bonchev–Trinajstić information content (AvgIpc) is 1.97. The van der Waals surface area contributed by atoms with E-state index in [1.54, 1.807) is 0 Å². The van der Waals surface area contributed by atoms with Crippen molar-refractivity contribution in [1.29, 1.82) is 0 Å². The Hall–Kier alpha value is 0.270. The molecule has 0 aromatic heterocycles. The normalized spacial score (nSPS) is 10.8. The maximum atomic E-state index is 5.87. The Balaban J connectivity index is 3.20. The van der Waals surface area contributed by atoms with E-state index in [0.29, 0.717) is 10.0 Å². The predicted molar refractivity (Wildman–Crippen MR) is 59.5 cm³/mol. The van der Waals surface area contributed by atoms with Crippen molar-refractivity contribution in [2.75, 3.05) is 0 Å². The molecule has 3 heteroatoms. The summed E-state index contributed by atoms with van der Waals surface area (Å²) in [5, 5.41) is 1.37. The van der Waals surface area contributed by atoms with Crippen LogP contribution in [-0.2, 0) is 0 Å². The molecule has 0 aliphatic heterocycles. The van der Waals surface area contributed by atoms with Crippen molar-refractivity contribution in [2.45, 2.75) is 0 Å². The summed E-state index contributed by atoms with van der Waals surface area (Å²) in [5.74, 6) is 0. The van der Waals surface area contributed by atoms with Crippen LogP contribution in [-0.4, -0.2) is 0 Å². The van der Waals surface area contributed by atoms with Gasteiger partial charge in [-0.3, -0.25) is 0 Å². The van der Waals surface area contributed by atoms with Gasteiger partial charge in [0, 0.05) is 15.6 Å². The average molecular weight is 299 g/mol. The highest BCUT2D eigenvalue weighted by molar-refractivity contribution is 14.1. The van der Waals surface area contributed by atoms with Crippen LogP contribution in [0.1, 0.15) is 5.56 Å². The smallest absolute Gasteiger partial charge is 0.0493 e. The first kappa shape index (κ1) is 9.36. The van der Waals surface area contributed by atoms with Crippen molar-refractivity contribution in [1.82, 2.24) is 0 Å². The minimum absolute atomic E-state index is 0.686. The van der Waals surface area contributed by atoms with Crippen LogP contribution in [0.25, 0.3) is 6.08 Å². The molecule has 0 unspecified atom stereocenters. The lowest BCUT2D eigenvalue weighted by molar-refractivity contribution is 1.66. The van der Waals surface area contributed by atoms with Gasteiger partial charge >= 0.3 is 0 Å². The molecule has 0 fully saturated rings. The van der Waals surface area contributed by atoms with Crippen LogP contribution in [0.2, 0.25) is 10.0 Å². The molecule has 0 nitrogen and oxygen atoms in total. The molecule has 0 bridgehead atoms. The van der Waals surface area contributed by atoms with Crippen molar-refractivity contribution >= 4 is 51.9 Å². The fraction of sp³-hybridized carbons (Fsp3) is 0. The molecule has 1 aromatic rings. The van der Waals surface area contributed by atoms with Crippen LogP contribution in [0, 0.1) is 0 Å². The van der Waals surface area contributed by atoms with Crippen molar-refractivity contribution in [2.24, 2.45) is 0 Å². The van der Waals surface area contributed by atoms with Crippen molar-refractivity contribution in [3.05, 3.63) is 37.9 Å². The second-order valence-corrected chi connectivity index (χ2v) is 3.46. The standard InChI is InChI=1S/C8H5Cl2I/c9-7-2-1-3-8(10)6(7)4-5-11/h1-5H/b5-4+. The van der Waals surface area contributed by atoms with Gasteiger partial charge in [0.15, 0.2) is 0 Å². The lowest BCUT2D eigenvalue weighted by Gasteiger charge is -1.98. The summed E-state index contributed by atoms with van der Waals surface area (Å²) in [6.45, 7) is 0. The lowest BCUT2D eigenvalue weighted by atomic mass is 10.2. The maximum Gasteiger partial charge on any atom is 0.0493 e. The first-order valence-electron chi connectivity index (χ1n) is 2.96. The SMILES string of the molecule is Clc1cccc(Cl)c1/C=C/I. The summed E-state index contributed by atoms with van der Waals surface area (Å²) >= 11 is 13.9. The predicted octanol–water partition coefficient (Wildman–Crippen LogP) is 4.40. The topological polar surface area (TPSA) is 0 Å². The lowest BCUT2D eigenvalue weighted by Crippen LogP contribution is -1.75. The summed E-state index contributed by atoms with van der Waals surface area (Å²) in [6.07, 6.45) is 1.88. The number of halogens is 3. The van der Waals surface area contributed by atoms with Gasteiger partial charge in [-0.1, -0.05) is 51.9 Å². The Bertz CT molecular complexity index is 261. The van der Waals surface area contributed by atoms with Gasteiger partial charge in [0.1, 0.15) is 0 Å². The molecule has 0 radical (unpaired) electrons. The summed E-state index contributed by atoms with van der Waals surface area (Å²) < 4.78 is 1.88. The second-order valence-electron chi connectivity index (χ2n) is 1.93. The van der Waals surface area contributed by atoms with Gasteiger partial charge in [-0.2, -0.15) is 0 Å². The Morgan fingerprint density at radius 1 is 1.18 bits per heavy atom. The van der Waals surface area contributed by atoms with E-state index in [9.17, 15) is 0 Å². The molecule has 0 saturated carbocycles. The summed E-state index contributed by atoms with van der Waals surface area (Å²) in [6, 6.07) is 5.47. The number of benzene rings is 1. The van der Waals surface area contributed by atoms with Crippen LogP contribution in [0.3, 0.4) is 0 Å². The molecule has 1 rings (SSSR count). The summed E-state index contributed by atoms with van der Waals surface area (Å²) in [5.41, 5.74) is 0.880. The molecule has 58 valence electrons. The van der Waals surface area contributed by atoms with Crippen molar-refractivity contribution < 1.29 is 0 Å². The van der Waals surface area contributed by atoms with Crippen LogP contribution in [0.4, 0.5) is 0 Å². The van der Waals surface area contributed by atoms with E-state index in [1.165, 1.54) is 0 Å². The van der Waals surface area contributed by atoms with Crippen molar-refractivity contribution in [3.8, 4) is 0 Å². The molecule has 0 heterocycles. The van der Waals surface area contributed by atoms with E-state index in [-0.39, 0.29) is 0 Å². The van der Waals surface area contributed by atoms with E-state index in [2.05, 4.69) is 22.6 Å². The van der Waals surface area contributed by atoms with Gasteiger partial charge < -0.3 is 0 Å². The minimum Gasteiger partial charge on any atom is -0.0836 e. The van der Waals surface area contributed by atoms with Gasteiger partial charge in [0.25, 0.3) is 0 Å². The summed E-state index contributed by atoms with van der Waals surface area (Å²) in [4.78, 5) is 0. The Kier molecular flexibility index (Phi) is 3.69. The minimum atomic E-state index is 0.686. The molecule has 0 saturated heterocycles. The second kappa shape index (κ2) is 4.33. The van der Waals surface area contributed by atoms with Crippen LogP contribution >= 0.6 is 45.8 Å². The molecule has 0 amide bonds. The van der Waals surface area contributed by atoms with Crippen LogP contribution in [0.5, 0.6) is 0 Å². The number of hydrogen-bond acceptors (Lipinski definition) is 0. The highest BCUT2D eigenvalue weighted by Crippen LogP contribution is 2.25. The van der Waals surface area contributed by atoms with Crippen molar-refractivity contribution in [3.63, 3.8) is 0 Å². The number of rotatable bonds is 1. The molecule has 0 atom stereocenters. The quantitative estimate of drug-likeness (QED) is 0.674. The monoisotopic (exact) mass is 298 g/mol.